The molecule has 1 aromatic carbocycles. The predicted octanol–water partition coefficient (Wildman–Crippen LogP) is 3.01. The van der Waals surface area contributed by atoms with Crippen molar-refractivity contribution in [2.24, 2.45) is 4.99 Å². The van der Waals surface area contributed by atoms with Gasteiger partial charge < -0.3 is 10.2 Å². The smallest absolute Gasteiger partial charge is 0.193 e. The lowest BCUT2D eigenvalue weighted by atomic mass is 10.1. The van der Waals surface area contributed by atoms with Crippen molar-refractivity contribution >= 4 is 17.3 Å². The molecule has 2 rings (SSSR count). The average Bonchev–Trinajstić information content (AvgIpc) is 2.91. The second-order valence-corrected chi connectivity index (χ2v) is 6.49. The van der Waals surface area contributed by atoms with Gasteiger partial charge in [-0.1, -0.05) is 29.8 Å². The lowest BCUT2D eigenvalue weighted by molar-refractivity contribution is 0.477. The maximum Gasteiger partial charge on any atom is 0.193 e. The van der Waals surface area contributed by atoms with Crippen LogP contribution in [0.4, 0.5) is 0 Å². The van der Waals surface area contributed by atoms with E-state index in [9.17, 15) is 0 Å². The van der Waals surface area contributed by atoms with Gasteiger partial charge in [0, 0.05) is 39.0 Å². The Morgan fingerprint density at radius 3 is 2.59 bits per heavy atom. The second-order valence-electron chi connectivity index (χ2n) is 5.42. The van der Waals surface area contributed by atoms with E-state index in [2.05, 4.69) is 63.8 Å². The summed E-state index contributed by atoms with van der Waals surface area (Å²) in [6.45, 7) is 5.83. The summed E-state index contributed by atoms with van der Waals surface area (Å²) in [5, 5.41) is 6.64. The summed E-state index contributed by atoms with van der Waals surface area (Å²) in [6.07, 6.45) is 0.918. The number of hydrogen-bond acceptors (Lipinski definition) is 3. The SMILES string of the molecule is CN=C(NCCc1csc(C)n1)N(C)Cc1ccc(C)cc1. The van der Waals surface area contributed by atoms with Gasteiger partial charge in [-0.3, -0.25) is 4.99 Å². The molecule has 1 N–H and O–H groups in total. The topological polar surface area (TPSA) is 40.5 Å². The summed E-state index contributed by atoms with van der Waals surface area (Å²) < 4.78 is 0. The minimum atomic E-state index is 0.841. The fourth-order valence-electron chi connectivity index (χ4n) is 2.25. The first kappa shape index (κ1) is 16.5. The van der Waals surface area contributed by atoms with Crippen LogP contribution in [0.3, 0.4) is 0 Å². The van der Waals surface area contributed by atoms with Gasteiger partial charge in [-0.2, -0.15) is 0 Å². The largest absolute Gasteiger partial charge is 0.356 e. The van der Waals surface area contributed by atoms with Gasteiger partial charge in [-0.05, 0) is 19.4 Å². The van der Waals surface area contributed by atoms with E-state index in [1.807, 2.05) is 14.0 Å². The highest BCUT2D eigenvalue weighted by molar-refractivity contribution is 7.09. The molecule has 4 nitrogen and oxygen atoms in total. The molecular weight excluding hydrogens is 292 g/mol. The quantitative estimate of drug-likeness (QED) is 0.681. The van der Waals surface area contributed by atoms with Gasteiger partial charge in [0.2, 0.25) is 0 Å². The number of thiazole rings is 1. The van der Waals surface area contributed by atoms with Crippen LogP contribution >= 0.6 is 11.3 Å². The predicted molar refractivity (Wildman–Crippen MR) is 94.6 cm³/mol. The highest BCUT2D eigenvalue weighted by Gasteiger charge is 2.07. The molecule has 22 heavy (non-hydrogen) atoms. The summed E-state index contributed by atoms with van der Waals surface area (Å²) >= 11 is 1.70. The molecule has 0 radical (unpaired) electrons. The molecule has 0 fully saturated rings. The molecule has 0 unspecified atom stereocenters. The third-order valence-corrected chi connectivity index (χ3v) is 4.27. The van der Waals surface area contributed by atoms with E-state index in [1.165, 1.54) is 11.1 Å². The van der Waals surface area contributed by atoms with Crippen molar-refractivity contribution < 1.29 is 0 Å². The van der Waals surface area contributed by atoms with E-state index >= 15 is 0 Å². The Balaban J connectivity index is 1.83. The number of nitrogens with one attached hydrogen (secondary N) is 1. The maximum atomic E-state index is 4.48. The third kappa shape index (κ3) is 4.84. The summed E-state index contributed by atoms with van der Waals surface area (Å²) in [6, 6.07) is 8.61. The van der Waals surface area contributed by atoms with Crippen molar-refractivity contribution in [2.45, 2.75) is 26.8 Å². The van der Waals surface area contributed by atoms with E-state index in [0.29, 0.717) is 0 Å². The van der Waals surface area contributed by atoms with Crippen LogP contribution in [0.1, 0.15) is 21.8 Å². The van der Waals surface area contributed by atoms with Crippen LogP contribution in [0, 0.1) is 13.8 Å². The lowest BCUT2D eigenvalue weighted by Gasteiger charge is -2.22. The number of rotatable bonds is 5. The molecule has 0 saturated carbocycles. The van der Waals surface area contributed by atoms with Gasteiger partial charge in [0.25, 0.3) is 0 Å². The summed E-state index contributed by atoms with van der Waals surface area (Å²) in [7, 11) is 3.88. The number of guanidine groups is 1. The molecule has 0 saturated heterocycles. The van der Waals surface area contributed by atoms with E-state index in [4.69, 9.17) is 0 Å². The molecule has 0 spiro atoms. The van der Waals surface area contributed by atoms with Crippen molar-refractivity contribution in [1.82, 2.24) is 15.2 Å². The number of aryl methyl sites for hydroxylation is 2. The van der Waals surface area contributed by atoms with Crippen molar-refractivity contribution in [2.75, 3.05) is 20.6 Å². The van der Waals surface area contributed by atoms with Crippen LogP contribution in [0.15, 0.2) is 34.6 Å². The van der Waals surface area contributed by atoms with E-state index in [1.54, 1.807) is 11.3 Å². The Labute approximate surface area is 136 Å². The van der Waals surface area contributed by atoms with Gasteiger partial charge >= 0.3 is 0 Å². The maximum absolute atomic E-state index is 4.48. The van der Waals surface area contributed by atoms with Crippen LogP contribution in [0.25, 0.3) is 0 Å². The number of nitrogens with zero attached hydrogens (tertiary/aromatic N) is 3. The van der Waals surface area contributed by atoms with E-state index < -0.39 is 0 Å². The molecule has 0 aliphatic heterocycles. The summed E-state index contributed by atoms with van der Waals surface area (Å²) in [5.41, 5.74) is 3.71. The first-order valence-electron chi connectivity index (χ1n) is 7.47. The van der Waals surface area contributed by atoms with Crippen molar-refractivity contribution in [3.8, 4) is 0 Å². The van der Waals surface area contributed by atoms with Crippen molar-refractivity contribution in [3.05, 3.63) is 51.5 Å². The number of hydrogen-bond donors (Lipinski definition) is 1. The normalized spacial score (nSPS) is 11.5. The highest BCUT2D eigenvalue weighted by atomic mass is 32.1. The Bertz CT molecular complexity index is 616. The first-order chi connectivity index (χ1) is 10.6. The molecule has 1 heterocycles. The second kappa shape index (κ2) is 7.94. The average molecular weight is 316 g/mol. The molecule has 118 valence electrons. The zero-order valence-corrected chi connectivity index (χ0v) is 14.6. The monoisotopic (exact) mass is 316 g/mol. The van der Waals surface area contributed by atoms with Crippen LogP contribution in [0.2, 0.25) is 0 Å². The van der Waals surface area contributed by atoms with Crippen molar-refractivity contribution in [1.29, 1.82) is 0 Å². The number of aromatic nitrogens is 1. The van der Waals surface area contributed by atoms with Gasteiger partial charge in [0.05, 0.1) is 10.7 Å². The molecule has 0 aliphatic carbocycles. The van der Waals surface area contributed by atoms with Gasteiger partial charge in [-0.15, -0.1) is 11.3 Å². The Morgan fingerprint density at radius 1 is 1.27 bits per heavy atom. The molecule has 0 amide bonds. The third-order valence-electron chi connectivity index (χ3n) is 3.44. The van der Waals surface area contributed by atoms with Crippen LogP contribution < -0.4 is 5.32 Å². The van der Waals surface area contributed by atoms with Crippen LogP contribution in [-0.4, -0.2) is 36.5 Å². The fourth-order valence-corrected chi connectivity index (χ4v) is 2.90. The Morgan fingerprint density at radius 2 is 2.00 bits per heavy atom. The number of benzene rings is 1. The molecule has 1 aromatic heterocycles. The number of aliphatic imine (C=N–C) groups is 1. The molecular formula is C17H24N4S. The zero-order valence-electron chi connectivity index (χ0n) is 13.8. The molecule has 5 heteroatoms. The molecule has 0 aliphatic rings. The minimum Gasteiger partial charge on any atom is -0.356 e. The van der Waals surface area contributed by atoms with E-state index in [0.717, 1.165) is 36.2 Å². The first-order valence-corrected chi connectivity index (χ1v) is 8.35. The van der Waals surface area contributed by atoms with Gasteiger partial charge in [0.15, 0.2) is 5.96 Å². The van der Waals surface area contributed by atoms with Crippen molar-refractivity contribution in [3.63, 3.8) is 0 Å². The van der Waals surface area contributed by atoms with Gasteiger partial charge in [-0.25, -0.2) is 4.98 Å². The standard InChI is InChI=1S/C17H24N4S/c1-13-5-7-15(8-6-13)11-21(4)17(18-3)19-10-9-16-12-22-14(2)20-16/h5-8,12H,9-11H2,1-4H3,(H,18,19). The molecule has 0 bridgehead atoms. The zero-order chi connectivity index (χ0) is 15.9. The van der Waals surface area contributed by atoms with Gasteiger partial charge in [0.1, 0.15) is 0 Å². The van der Waals surface area contributed by atoms with Crippen LogP contribution in [0.5, 0.6) is 0 Å². The van der Waals surface area contributed by atoms with Crippen LogP contribution in [-0.2, 0) is 13.0 Å². The lowest BCUT2D eigenvalue weighted by Crippen LogP contribution is -2.39. The summed E-state index contributed by atoms with van der Waals surface area (Å²) in [4.78, 5) is 11.0. The Kier molecular flexibility index (Phi) is 5.95. The minimum absolute atomic E-state index is 0.841. The fraction of sp³-hybridized carbons (Fsp3) is 0.412. The molecule has 0 atom stereocenters. The highest BCUT2D eigenvalue weighted by Crippen LogP contribution is 2.08. The summed E-state index contributed by atoms with van der Waals surface area (Å²) in [5.74, 6) is 0.910. The Hall–Kier alpha value is -1.88. The molecule has 2 aromatic rings. The van der Waals surface area contributed by atoms with E-state index in [-0.39, 0.29) is 0 Å².